The molecular formula is C16H26N2O3. The predicted octanol–water partition coefficient (Wildman–Crippen LogP) is 2.11. The first-order valence-electron chi connectivity index (χ1n) is 7.35. The third kappa shape index (κ3) is 6.60. The minimum atomic E-state index is -0.526. The molecule has 0 aliphatic heterocycles. The van der Waals surface area contributed by atoms with Gasteiger partial charge in [-0.3, -0.25) is 9.69 Å². The van der Waals surface area contributed by atoms with E-state index >= 15 is 0 Å². The third-order valence-corrected chi connectivity index (χ3v) is 3.20. The largest absolute Gasteiger partial charge is 0.491 e. The molecular weight excluding hydrogens is 268 g/mol. The summed E-state index contributed by atoms with van der Waals surface area (Å²) in [6.45, 7) is 9.51. The van der Waals surface area contributed by atoms with Crippen molar-refractivity contribution in [3.8, 4) is 5.75 Å². The number of rotatable bonds is 8. The Kier molecular flexibility index (Phi) is 7.19. The van der Waals surface area contributed by atoms with Crippen LogP contribution in [0.5, 0.6) is 5.75 Å². The Morgan fingerprint density at radius 1 is 1.33 bits per heavy atom. The number of benzene rings is 1. The van der Waals surface area contributed by atoms with Crippen LogP contribution in [0.2, 0.25) is 0 Å². The van der Waals surface area contributed by atoms with Crippen molar-refractivity contribution < 1.29 is 14.6 Å². The molecule has 0 aromatic heterocycles. The van der Waals surface area contributed by atoms with Gasteiger partial charge in [0.1, 0.15) is 18.5 Å². The van der Waals surface area contributed by atoms with Gasteiger partial charge < -0.3 is 15.2 Å². The van der Waals surface area contributed by atoms with Crippen LogP contribution in [0.1, 0.15) is 27.7 Å². The molecule has 2 N–H and O–H groups in total. The molecule has 1 rings (SSSR count). The lowest BCUT2D eigenvalue weighted by Gasteiger charge is -2.27. The molecule has 5 heteroatoms. The van der Waals surface area contributed by atoms with Crippen molar-refractivity contribution in [2.24, 2.45) is 0 Å². The molecule has 0 fully saturated rings. The molecule has 0 aliphatic carbocycles. The molecule has 0 bridgehead atoms. The Morgan fingerprint density at radius 3 is 2.43 bits per heavy atom. The Hall–Kier alpha value is -1.59. The van der Waals surface area contributed by atoms with E-state index in [1.54, 1.807) is 24.3 Å². The van der Waals surface area contributed by atoms with Crippen LogP contribution in [0.15, 0.2) is 24.3 Å². The van der Waals surface area contributed by atoms with Gasteiger partial charge in [0.05, 0.1) is 0 Å². The number of nitrogens with zero attached hydrogens (tertiary/aromatic N) is 1. The number of amides is 1. The van der Waals surface area contributed by atoms with Crippen molar-refractivity contribution in [2.75, 3.05) is 25.0 Å². The molecule has 0 saturated carbocycles. The lowest BCUT2D eigenvalue weighted by atomic mass is 10.2. The summed E-state index contributed by atoms with van der Waals surface area (Å²) in [5.74, 6) is 0.572. The average Bonchev–Trinajstić information content (AvgIpc) is 2.43. The second-order valence-electron chi connectivity index (χ2n) is 5.35. The summed E-state index contributed by atoms with van der Waals surface area (Å²) in [7, 11) is 0. The molecule has 1 unspecified atom stereocenters. The van der Waals surface area contributed by atoms with E-state index in [-0.39, 0.29) is 12.5 Å². The number of carbonyl (C=O) groups is 1. The normalized spacial score (nSPS) is 12.5. The topological polar surface area (TPSA) is 61.8 Å². The van der Waals surface area contributed by atoms with Gasteiger partial charge in [0.2, 0.25) is 5.91 Å². The van der Waals surface area contributed by atoms with Gasteiger partial charge in [0, 0.05) is 25.2 Å². The number of likely N-dealkylation sites (N-methyl/N-ethyl adjacent to an activating group) is 1. The minimum Gasteiger partial charge on any atom is -0.491 e. The van der Waals surface area contributed by atoms with Crippen LogP contribution in [0.3, 0.4) is 0 Å². The Bertz CT molecular complexity index is 432. The third-order valence-electron chi connectivity index (χ3n) is 3.20. The monoisotopic (exact) mass is 294 g/mol. The molecule has 0 spiro atoms. The summed E-state index contributed by atoms with van der Waals surface area (Å²) >= 11 is 0. The highest BCUT2D eigenvalue weighted by atomic mass is 16.5. The number of carbonyl (C=O) groups excluding carboxylic acids is 1. The summed E-state index contributed by atoms with van der Waals surface area (Å²) in [5, 5.41) is 12.7. The standard InChI is InChI=1S/C16H26N2O3/c1-5-18(12(2)3)10-15(20)11-21-16-8-6-14(7-9-16)17-13(4)19/h6-9,12,15,20H,5,10-11H2,1-4H3,(H,17,19). The predicted molar refractivity (Wildman–Crippen MR) is 84.6 cm³/mol. The van der Waals surface area contributed by atoms with Gasteiger partial charge in [0.25, 0.3) is 0 Å². The fourth-order valence-electron chi connectivity index (χ4n) is 2.06. The van der Waals surface area contributed by atoms with Crippen molar-refractivity contribution in [3.05, 3.63) is 24.3 Å². The second kappa shape index (κ2) is 8.64. The highest BCUT2D eigenvalue weighted by Gasteiger charge is 2.13. The molecule has 0 aliphatic rings. The Labute approximate surface area is 126 Å². The van der Waals surface area contributed by atoms with E-state index in [0.29, 0.717) is 18.3 Å². The van der Waals surface area contributed by atoms with E-state index in [4.69, 9.17) is 4.74 Å². The molecule has 21 heavy (non-hydrogen) atoms. The fourth-order valence-corrected chi connectivity index (χ4v) is 2.06. The van der Waals surface area contributed by atoms with Crippen molar-refractivity contribution in [1.82, 2.24) is 4.90 Å². The summed E-state index contributed by atoms with van der Waals surface area (Å²) < 4.78 is 5.56. The zero-order valence-electron chi connectivity index (χ0n) is 13.3. The lowest BCUT2D eigenvalue weighted by Crippen LogP contribution is -2.39. The molecule has 5 nitrogen and oxygen atoms in total. The summed E-state index contributed by atoms with van der Waals surface area (Å²) in [4.78, 5) is 13.1. The van der Waals surface area contributed by atoms with Crippen molar-refractivity contribution in [1.29, 1.82) is 0 Å². The number of ether oxygens (including phenoxy) is 1. The quantitative estimate of drug-likeness (QED) is 0.771. The molecule has 1 atom stereocenters. The number of nitrogens with one attached hydrogen (secondary N) is 1. The van der Waals surface area contributed by atoms with Gasteiger partial charge in [0.15, 0.2) is 0 Å². The smallest absolute Gasteiger partial charge is 0.221 e. The van der Waals surface area contributed by atoms with E-state index in [0.717, 1.165) is 12.2 Å². The van der Waals surface area contributed by atoms with Crippen molar-refractivity contribution in [3.63, 3.8) is 0 Å². The second-order valence-corrected chi connectivity index (χ2v) is 5.35. The average molecular weight is 294 g/mol. The molecule has 1 aromatic carbocycles. The maximum Gasteiger partial charge on any atom is 0.221 e. The zero-order valence-corrected chi connectivity index (χ0v) is 13.3. The van der Waals surface area contributed by atoms with Gasteiger partial charge in [-0.15, -0.1) is 0 Å². The van der Waals surface area contributed by atoms with Gasteiger partial charge in [-0.1, -0.05) is 6.92 Å². The maximum atomic E-state index is 10.9. The van der Waals surface area contributed by atoms with Gasteiger partial charge in [-0.05, 0) is 44.7 Å². The first-order chi connectivity index (χ1) is 9.92. The summed E-state index contributed by atoms with van der Waals surface area (Å²) in [5.41, 5.74) is 0.729. The number of aliphatic hydroxyl groups is 1. The highest BCUT2D eigenvalue weighted by Crippen LogP contribution is 2.16. The molecule has 1 amide bonds. The maximum absolute atomic E-state index is 10.9. The van der Waals surface area contributed by atoms with E-state index in [1.165, 1.54) is 6.92 Å². The van der Waals surface area contributed by atoms with Crippen LogP contribution < -0.4 is 10.1 Å². The number of aliphatic hydroxyl groups excluding tert-OH is 1. The zero-order chi connectivity index (χ0) is 15.8. The van der Waals surface area contributed by atoms with E-state index in [2.05, 4.69) is 31.0 Å². The Morgan fingerprint density at radius 2 is 1.95 bits per heavy atom. The lowest BCUT2D eigenvalue weighted by molar-refractivity contribution is -0.114. The van der Waals surface area contributed by atoms with Crippen LogP contribution >= 0.6 is 0 Å². The highest BCUT2D eigenvalue weighted by molar-refractivity contribution is 5.88. The number of hydrogen-bond acceptors (Lipinski definition) is 4. The van der Waals surface area contributed by atoms with Crippen LogP contribution in [0, 0.1) is 0 Å². The van der Waals surface area contributed by atoms with Crippen LogP contribution in [-0.2, 0) is 4.79 Å². The molecule has 0 saturated heterocycles. The molecule has 0 heterocycles. The van der Waals surface area contributed by atoms with Gasteiger partial charge in [-0.2, -0.15) is 0 Å². The number of anilines is 1. The number of hydrogen-bond donors (Lipinski definition) is 2. The molecule has 1 aromatic rings. The van der Waals surface area contributed by atoms with Crippen molar-refractivity contribution >= 4 is 11.6 Å². The van der Waals surface area contributed by atoms with Gasteiger partial charge >= 0.3 is 0 Å². The first-order valence-corrected chi connectivity index (χ1v) is 7.35. The SMILES string of the molecule is CCN(CC(O)COc1ccc(NC(C)=O)cc1)C(C)C. The van der Waals surface area contributed by atoms with E-state index < -0.39 is 6.10 Å². The van der Waals surface area contributed by atoms with Crippen LogP contribution in [-0.4, -0.2) is 47.8 Å². The van der Waals surface area contributed by atoms with Gasteiger partial charge in [-0.25, -0.2) is 0 Å². The summed E-state index contributed by atoms with van der Waals surface area (Å²) in [6.07, 6.45) is -0.526. The van der Waals surface area contributed by atoms with Crippen LogP contribution in [0.4, 0.5) is 5.69 Å². The summed E-state index contributed by atoms with van der Waals surface area (Å²) in [6, 6.07) is 7.50. The molecule has 118 valence electrons. The van der Waals surface area contributed by atoms with Crippen LogP contribution in [0.25, 0.3) is 0 Å². The van der Waals surface area contributed by atoms with Crippen molar-refractivity contribution in [2.45, 2.75) is 39.8 Å². The first kappa shape index (κ1) is 17.5. The fraction of sp³-hybridized carbons (Fsp3) is 0.562. The van der Waals surface area contributed by atoms with E-state index in [9.17, 15) is 9.90 Å². The Balaban J connectivity index is 2.42. The minimum absolute atomic E-state index is 0.104. The molecule has 0 radical (unpaired) electrons. The van der Waals surface area contributed by atoms with E-state index in [1.807, 2.05) is 0 Å².